The average molecular weight is 468 g/mol. The molecule has 0 bridgehead atoms. The van der Waals surface area contributed by atoms with Crippen LogP contribution in [0.3, 0.4) is 0 Å². The molecular formula is C29H25NO5. The quantitative estimate of drug-likeness (QED) is 0.231. The van der Waals surface area contributed by atoms with E-state index in [9.17, 15) is 4.79 Å². The van der Waals surface area contributed by atoms with Gasteiger partial charge in [0, 0.05) is 29.0 Å². The van der Waals surface area contributed by atoms with Crippen molar-refractivity contribution in [1.82, 2.24) is 4.98 Å². The van der Waals surface area contributed by atoms with Gasteiger partial charge in [-0.1, -0.05) is 18.2 Å². The topological polar surface area (TPSA) is 74.7 Å². The molecule has 6 nitrogen and oxygen atoms in total. The van der Waals surface area contributed by atoms with E-state index in [1.807, 2.05) is 79.7 Å². The number of carbonyl (C=O) groups is 1. The van der Waals surface area contributed by atoms with Gasteiger partial charge >= 0.3 is 0 Å². The first-order chi connectivity index (χ1) is 17.0. The number of ketones is 1. The van der Waals surface area contributed by atoms with Crippen molar-refractivity contribution in [3.05, 3.63) is 89.8 Å². The number of hydrogen-bond donors (Lipinski definition) is 0. The van der Waals surface area contributed by atoms with Crippen molar-refractivity contribution in [2.45, 2.75) is 20.3 Å². The Morgan fingerprint density at radius 3 is 2.37 bits per heavy atom. The van der Waals surface area contributed by atoms with Crippen LogP contribution in [0.2, 0.25) is 0 Å². The van der Waals surface area contributed by atoms with E-state index in [0.717, 1.165) is 33.7 Å². The zero-order valence-electron chi connectivity index (χ0n) is 19.8. The van der Waals surface area contributed by atoms with E-state index in [1.165, 1.54) is 0 Å². The van der Waals surface area contributed by atoms with Crippen LogP contribution in [-0.2, 0) is 6.42 Å². The molecule has 0 aliphatic rings. The summed E-state index contributed by atoms with van der Waals surface area (Å²) in [5, 5.41) is 0.760. The molecule has 5 aromatic rings. The van der Waals surface area contributed by atoms with Gasteiger partial charge in [0.05, 0.1) is 25.0 Å². The highest BCUT2D eigenvalue weighted by molar-refractivity contribution is 6.11. The number of furan rings is 1. The van der Waals surface area contributed by atoms with E-state index in [0.29, 0.717) is 41.6 Å². The summed E-state index contributed by atoms with van der Waals surface area (Å²) in [5.41, 5.74) is 3.78. The van der Waals surface area contributed by atoms with E-state index in [1.54, 1.807) is 14.0 Å². The Balaban J connectivity index is 1.34. The smallest absolute Gasteiger partial charge is 0.226 e. The van der Waals surface area contributed by atoms with Crippen LogP contribution < -0.4 is 9.47 Å². The summed E-state index contributed by atoms with van der Waals surface area (Å²) < 4.78 is 23.2. The van der Waals surface area contributed by atoms with Gasteiger partial charge in [0.2, 0.25) is 5.89 Å². The Labute approximate surface area is 203 Å². The third kappa shape index (κ3) is 4.55. The number of aromatic nitrogens is 1. The minimum absolute atomic E-state index is 0.0565. The third-order valence-electron chi connectivity index (χ3n) is 5.89. The molecule has 2 heterocycles. The van der Waals surface area contributed by atoms with Gasteiger partial charge in [-0.25, -0.2) is 4.98 Å². The summed E-state index contributed by atoms with van der Waals surface area (Å²) in [7, 11) is 1.62. The second-order valence-electron chi connectivity index (χ2n) is 8.24. The number of carbonyl (C=O) groups excluding carboxylic acids is 1. The summed E-state index contributed by atoms with van der Waals surface area (Å²) in [6.45, 7) is 3.89. The van der Waals surface area contributed by atoms with Crippen LogP contribution in [0.5, 0.6) is 11.5 Å². The number of methoxy groups -OCH3 is 1. The van der Waals surface area contributed by atoms with E-state index in [-0.39, 0.29) is 5.78 Å². The van der Waals surface area contributed by atoms with Gasteiger partial charge < -0.3 is 18.3 Å². The Kier molecular flexibility index (Phi) is 6.10. The maximum atomic E-state index is 12.5. The minimum atomic E-state index is -0.0565. The van der Waals surface area contributed by atoms with E-state index in [2.05, 4.69) is 4.98 Å². The number of hydrogen-bond acceptors (Lipinski definition) is 6. The average Bonchev–Trinajstić information content (AvgIpc) is 3.45. The van der Waals surface area contributed by atoms with Crippen molar-refractivity contribution in [2.24, 2.45) is 0 Å². The van der Waals surface area contributed by atoms with Crippen molar-refractivity contribution in [3.63, 3.8) is 0 Å². The van der Waals surface area contributed by atoms with Crippen LogP contribution in [0.25, 0.3) is 33.7 Å². The molecule has 2 aromatic heterocycles. The zero-order valence-corrected chi connectivity index (χ0v) is 19.8. The fraction of sp³-hybridized carbons (Fsp3) is 0.172. The number of benzene rings is 3. The molecule has 0 saturated heterocycles. The van der Waals surface area contributed by atoms with E-state index in [4.69, 9.17) is 18.3 Å². The van der Waals surface area contributed by atoms with Crippen LogP contribution in [0.15, 0.2) is 81.6 Å². The molecule has 0 atom stereocenters. The minimum Gasteiger partial charge on any atom is -0.497 e. The fourth-order valence-electron chi connectivity index (χ4n) is 4.09. The van der Waals surface area contributed by atoms with Gasteiger partial charge in [0.25, 0.3) is 0 Å². The molecule has 0 unspecified atom stereocenters. The maximum Gasteiger partial charge on any atom is 0.226 e. The zero-order chi connectivity index (χ0) is 24.4. The van der Waals surface area contributed by atoms with Crippen molar-refractivity contribution >= 4 is 16.8 Å². The number of Topliss-reactive ketones (excluding diaryl/α,β-unsaturated/α-hetero) is 1. The summed E-state index contributed by atoms with van der Waals surface area (Å²) in [6, 6.07) is 22.8. The highest BCUT2D eigenvalue weighted by Crippen LogP contribution is 2.36. The number of ether oxygens (including phenoxy) is 2. The molecule has 0 N–H and O–H groups in total. The number of oxazole rings is 1. The van der Waals surface area contributed by atoms with Crippen LogP contribution in [0.4, 0.5) is 0 Å². The highest BCUT2D eigenvalue weighted by atomic mass is 16.5. The first kappa shape index (κ1) is 22.5. The number of aryl methyl sites for hydroxylation is 1. The second kappa shape index (κ2) is 9.50. The molecule has 3 aromatic carbocycles. The predicted molar refractivity (Wildman–Crippen MR) is 134 cm³/mol. The van der Waals surface area contributed by atoms with Gasteiger partial charge in [0.15, 0.2) is 5.78 Å². The predicted octanol–water partition coefficient (Wildman–Crippen LogP) is 6.90. The van der Waals surface area contributed by atoms with Crippen LogP contribution in [0.1, 0.15) is 28.7 Å². The molecular weight excluding hydrogens is 442 g/mol. The summed E-state index contributed by atoms with van der Waals surface area (Å²) in [4.78, 5) is 17.1. The highest BCUT2D eigenvalue weighted by Gasteiger charge is 2.20. The molecule has 6 heteroatoms. The number of nitrogens with zero attached hydrogens (tertiary/aromatic N) is 1. The van der Waals surface area contributed by atoms with Crippen LogP contribution in [-0.4, -0.2) is 24.5 Å². The molecule has 35 heavy (non-hydrogen) atoms. The van der Waals surface area contributed by atoms with Crippen molar-refractivity contribution in [2.75, 3.05) is 13.7 Å². The molecule has 0 saturated carbocycles. The molecule has 176 valence electrons. The van der Waals surface area contributed by atoms with Gasteiger partial charge in [-0.05, 0) is 62.4 Å². The van der Waals surface area contributed by atoms with Crippen LogP contribution >= 0.6 is 0 Å². The first-order valence-corrected chi connectivity index (χ1v) is 11.4. The van der Waals surface area contributed by atoms with Gasteiger partial charge in [-0.3, -0.25) is 4.79 Å². The SMILES string of the molecule is COc1ccc(-c2oc3cc(OCCc4nc(-c5ccccc5)oc4C)ccc3c2C(C)=O)cc1. The van der Waals surface area contributed by atoms with Crippen molar-refractivity contribution in [3.8, 4) is 34.3 Å². The molecule has 5 rings (SSSR count). The van der Waals surface area contributed by atoms with Gasteiger partial charge in [-0.2, -0.15) is 0 Å². The Bertz CT molecular complexity index is 1480. The molecule has 0 aliphatic carbocycles. The third-order valence-corrected chi connectivity index (χ3v) is 5.89. The molecule has 0 amide bonds. The molecule has 0 radical (unpaired) electrons. The van der Waals surface area contributed by atoms with Crippen LogP contribution in [0, 0.1) is 6.92 Å². The molecule has 0 spiro atoms. The van der Waals surface area contributed by atoms with Gasteiger partial charge in [-0.15, -0.1) is 0 Å². The number of rotatable bonds is 8. The summed E-state index contributed by atoms with van der Waals surface area (Å²) in [6.07, 6.45) is 0.605. The van der Waals surface area contributed by atoms with Crippen molar-refractivity contribution < 1.29 is 23.1 Å². The fourth-order valence-corrected chi connectivity index (χ4v) is 4.09. The first-order valence-electron chi connectivity index (χ1n) is 11.4. The Morgan fingerprint density at radius 1 is 0.914 bits per heavy atom. The second-order valence-corrected chi connectivity index (χ2v) is 8.24. The summed E-state index contributed by atoms with van der Waals surface area (Å²) >= 11 is 0. The Hall–Kier alpha value is -4.32. The van der Waals surface area contributed by atoms with Gasteiger partial charge in [0.1, 0.15) is 28.6 Å². The normalized spacial score (nSPS) is 11.1. The lowest BCUT2D eigenvalue weighted by molar-refractivity contribution is 0.101. The lowest BCUT2D eigenvalue weighted by Crippen LogP contribution is -2.02. The number of fused-ring (bicyclic) bond motifs is 1. The molecule has 0 aliphatic heterocycles. The standard InChI is InChI=1S/C29H25NO5/c1-18(31)27-24-14-13-23(17-26(24)35-28(27)20-9-11-22(32-3)12-10-20)33-16-15-25-19(2)34-29(30-25)21-7-5-4-6-8-21/h4-14,17H,15-16H2,1-3H3. The lowest BCUT2D eigenvalue weighted by Gasteiger charge is -2.05. The van der Waals surface area contributed by atoms with E-state index < -0.39 is 0 Å². The largest absolute Gasteiger partial charge is 0.497 e. The molecule has 0 fully saturated rings. The lowest BCUT2D eigenvalue weighted by atomic mass is 10.0. The van der Waals surface area contributed by atoms with E-state index >= 15 is 0 Å². The monoisotopic (exact) mass is 467 g/mol. The Morgan fingerprint density at radius 2 is 1.66 bits per heavy atom. The summed E-state index contributed by atoms with van der Waals surface area (Å²) in [5.74, 6) is 3.27. The maximum absolute atomic E-state index is 12.5. The van der Waals surface area contributed by atoms with Crippen molar-refractivity contribution in [1.29, 1.82) is 0 Å².